The van der Waals surface area contributed by atoms with Crippen molar-refractivity contribution in [1.29, 1.82) is 0 Å². The van der Waals surface area contributed by atoms with Gasteiger partial charge in [-0.05, 0) is 18.2 Å². The lowest BCUT2D eigenvalue weighted by molar-refractivity contribution is 0.194. The first kappa shape index (κ1) is 12.3. The van der Waals surface area contributed by atoms with Gasteiger partial charge in [0, 0.05) is 22.8 Å². The minimum absolute atomic E-state index is 0.313. The fourth-order valence-corrected chi connectivity index (χ4v) is 2.42. The first-order valence-corrected chi connectivity index (χ1v) is 6.07. The Labute approximate surface area is 111 Å². The van der Waals surface area contributed by atoms with Crippen LogP contribution < -0.4 is 5.32 Å². The summed E-state index contributed by atoms with van der Waals surface area (Å²) in [7, 11) is 0. The van der Waals surface area contributed by atoms with E-state index in [4.69, 9.17) is 21.1 Å². The molecule has 0 aliphatic carbocycles. The maximum absolute atomic E-state index is 10.3. The SMILES string of the molecule is O=C(O)NCCc1cc2cc(Br)cc(Cl)c2o1. The zero-order valence-electron chi connectivity index (χ0n) is 8.67. The predicted octanol–water partition coefficient (Wildman–Crippen LogP) is 3.66. The monoisotopic (exact) mass is 317 g/mol. The molecule has 0 unspecified atom stereocenters. The van der Waals surface area contributed by atoms with Crippen LogP contribution in [0.1, 0.15) is 5.76 Å². The van der Waals surface area contributed by atoms with Crippen LogP contribution in [0.5, 0.6) is 0 Å². The van der Waals surface area contributed by atoms with E-state index in [1.807, 2.05) is 12.1 Å². The number of hydrogen-bond acceptors (Lipinski definition) is 2. The van der Waals surface area contributed by atoms with Crippen molar-refractivity contribution >= 4 is 44.6 Å². The van der Waals surface area contributed by atoms with E-state index in [-0.39, 0.29) is 0 Å². The lowest BCUT2D eigenvalue weighted by atomic mass is 10.2. The number of carboxylic acid groups (broad SMARTS) is 1. The normalized spacial score (nSPS) is 10.7. The largest absolute Gasteiger partial charge is 0.465 e. The summed E-state index contributed by atoms with van der Waals surface area (Å²) in [4.78, 5) is 10.3. The molecule has 17 heavy (non-hydrogen) atoms. The molecule has 0 saturated heterocycles. The summed E-state index contributed by atoms with van der Waals surface area (Å²) in [5.74, 6) is 0.703. The van der Waals surface area contributed by atoms with E-state index in [1.165, 1.54) is 0 Å². The Bertz CT molecular complexity index is 567. The summed E-state index contributed by atoms with van der Waals surface area (Å²) in [6.45, 7) is 0.313. The fraction of sp³-hybridized carbons (Fsp3) is 0.182. The van der Waals surface area contributed by atoms with E-state index in [0.717, 1.165) is 9.86 Å². The van der Waals surface area contributed by atoms with Gasteiger partial charge in [-0.15, -0.1) is 0 Å². The zero-order valence-corrected chi connectivity index (χ0v) is 11.0. The average Bonchev–Trinajstić information content (AvgIpc) is 2.60. The van der Waals surface area contributed by atoms with Gasteiger partial charge in [-0.25, -0.2) is 4.79 Å². The maximum Gasteiger partial charge on any atom is 0.404 e. The standard InChI is InChI=1S/C11H9BrClNO3/c12-7-3-6-4-8(1-2-14-11(15)16)17-10(6)9(13)5-7/h3-5,14H,1-2H2,(H,15,16). The second kappa shape index (κ2) is 4.98. The molecule has 0 aliphatic rings. The van der Waals surface area contributed by atoms with Gasteiger partial charge in [0.1, 0.15) is 5.76 Å². The third-order valence-electron chi connectivity index (χ3n) is 2.23. The topological polar surface area (TPSA) is 62.5 Å². The van der Waals surface area contributed by atoms with E-state index < -0.39 is 6.09 Å². The number of amides is 1. The highest BCUT2D eigenvalue weighted by Crippen LogP contribution is 2.30. The molecule has 1 aromatic carbocycles. The molecule has 6 heteroatoms. The van der Waals surface area contributed by atoms with Gasteiger partial charge in [0.15, 0.2) is 5.58 Å². The number of furan rings is 1. The summed E-state index contributed by atoms with van der Waals surface area (Å²) in [6, 6.07) is 5.51. The molecular formula is C11H9BrClNO3. The quantitative estimate of drug-likeness (QED) is 0.908. The molecular weight excluding hydrogens is 309 g/mol. The van der Waals surface area contributed by atoms with Crippen LogP contribution in [0.4, 0.5) is 4.79 Å². The summed E-state index contributed by atoms with van der Waals surface area (Å²) in [6.07, 6.45) is -0.545. The summed E-state index contributed by atoms with van der Waals surface area (Å²) >= 11 is 9.37. The van der Waals surface area contributed by atoms with Gasteiger partial charge in [-0.2, -0.15) is 0 Å². The average molecular weight is 319 g/mol. The Morgan fingerprint density at radius 3 is 2.94 bits per heavy atom. The Hall–Kier alpha value is -1.20. The first-order chi connectivity index (χ1) is 8.06. The van der Waals surface area contributed by atoms with Crippen molar-refractivity contribution in [2.24, 2.45) is 0 Å². The van der Waals surface area contributed by atoms with Crippen molar-refractivity contribution in [3.8, 4) is 0 Å². The minimum Gasteiger partial charge on any atom is -0.465 e. The predicted molar refractivity (Wildman–Crippen MR) is 68.7 cm³/mol. The van der Waals surface area contributed by atoms with Gasteiger partial charge in [0.2, 0.25) is 0 Å². The van der Waals surface area contributed by atoms with Crippen LogP contribution >= 0.6 is 27.5 Å². The molecule has 2 rings (SSSR count). The second-order valence-electron chi connectivity index (χ2n) is 3.50. The molecule has 0 bridgehead atoms. The van der Waals surface area contributed by atoms with Gasteiger partial charge >= 0.3 is 6.09 Å². The van der Waals surface area contributed by atoms with Crippen molar-refractivity contribution < 1.29 is 14.3 Å². The first-order valence-electron chi connectivity index (χ1n) is 4.90. The molecule has 0 spiro atoms. The maximum atomic E-state index is 10.3. The van der Waals surface area contributed by atoms with E-state index in [2.05, 4.69) is 21.2 Å². The van der Waals surface area contributed by atoms with Crippen molar-refractivity contribution in [2.45, 2.75) is 6.42 Å². The molecule has 1 amide bonds. The zero-order chi connectivity index (χ0) is 12.4. The van der Waals surface area contributed by atoms with Gasteiger partial charge in [0.05, 0.1) is 5.02 Å². The molecule has 2 N–H and O–H groups in total. The molecule has 4 nitrogen and oxygen atoms in total. The van der Waals surface area contributed by atoms with Crippen molar-refractivity contribution in [2.75, 3.05) is 6.54 Å². The van der Waals surface area contributed by atoms with E-state index in [9.17, 15) is 4.79 Å². The van der Waals surface area contributed by atoms with Crippen LogP contribution in [0.25, 0.3) is 11.0 Å². The van der Waals surface area contributed by atoms with Crippen LogP contribution in [0.2, 0.25) is 5.02 Å². The van der Waals surface area contributed by atoms with E-state index in [0.29, 0.717) is 29.3 Å². The summed E-state index contributed by atoms with van der Waals surface area (Å²) in [5.41, 5.74) is 0.625. The molecule has 90 valence electrons. The van der Waals surface area contributed by atoms with Crippen LogP contribution in [0.3, 0.4) is 0 Å². The van der Waals surface area contributed by atoms with Gasteiger partial charge in [0.25, 0.3) is 0 Å². The van der Waals surface area contributed by atoms with Crippen LogP contribution in [-0.2, 0) is 6.42 Å². The van der Waals surface area contributed by atoms with Gasteiger partial charge in [-0.1, -0.05) is 27.5 Å². The number of carbonyl (C=O) groups is 1. The second-order valence-corrected chi connectivity index (χ2v) is 4.82. The summed E-state index contributed by atoms with van der Waals surface area (Å²) < 4.78 is 6.43. The van der Waals surface area contributed by atoms with E-state index in [1.54, 1.807) is 6.07 Å². The Morgan fingerprint density at radius 1 is 1.47 bits per heavy atom. The van der Waals surface area contributed by atoms with Crippen LogP contribution in [0, 0.1) is 0 Å². The number of halogens is 2. The minimum atomic E-state index is -1.04. The molecule has 1 heterocycles. The highest BCUT2D eigenvalue weighted by molar-refractivity contribution is 9.10. The fourth-order valence-electron chi connectivity index (χ4n) is 1.54. The highest BCUT2D eigenvalue weighted by Gasteiger charge is 2.08. The van der Waals surface area contributed by atoms with Crippen molar-refractivity contribution in [3.05, 3.63) is 33.5 Å². The third-order valence-corrected chi connectivity index (χ3v) is 2.97. The summed E-state index contributed by atoms with van der Waals surface area (Å²) in [5, 5.41) is 12.2. The smallest absolute Gasteiger partial charge is 0.404 e. The van der Waals surface area contributed by atoms with Crippen LogP contribution in [0.15, 0.2) is 27.1 Å². The number of fused-ring (bicyclic) bond motifs is 1. The molecule has 0 radical (unpaired) electrons. The molecule has 0 atom stereocenters. The van der Waals surface area contributed by atoms with Crippen LogP contribution in [-0.4, -0.2) is 17.7 Å². The molecule has 1 aromatic heterocycles. The number of nitrogens with one attached hydrogen (secondary N) is 1. The molecule has 0 fully saturated rings. The lowest BCUT2D eigenvalue weighted by Gasteiger charge is -1.97. The third kappa shape index (κ3) is 2.92. The Kier molecular flexibility index (Phi) is 3.59. The number of rotatable bonds is 3. The Morgan fingerprint density at radius 2 is 2.24 bits per heavy atom. The lowest BCUT2D eigenvalue weighted by Crippen LogP contribution is -2.23. The molecule has 0 saturated carbocycles. The molecule has 2 aromatic rings. The van der Waals surface area contributed by atoms with Crippen molar-refractivity contribution in [3.63, 3.8) is 0 Å². The van der Waals surface area contributed by atoms with Gasteiger partial charge < -0.3 is 14.8 Å². The highest BCUT2D eigenvalue weighted by atomic mass is 79.9. The molecule has 0 aliphatic heterocycles. The van der Waals surface area contributed by atoms with Gasteiger partial charge in [-0.3, -0.25) is 0 Å². The number of hydrogen-bond donors (Lipinski definition) is 2. The number of benzene rings is 1. The van der Waals surface area contributed by atoms with E-state index >= 15 is 0 Å². The van der Waals surface area contributed by atoms with Crippen molar-refractivity contribution in [1.82, 2.24) is 5.32 Å². The Balaban J connectivity index is 2.20.